The Morgan fingerprint density at radius 1 is 0.595 bits per heavy atom. The van der Waals surface area contributed by atoms with Gasteiger partial charge >= 0.3 is 0 Å². The van der Waals surface area contributed by atoms with Crippen LogP contribution in [0.15, 0.2) is 39.2 Å². The molecule has 3 heteroatoms. The maximum Gasteiger partial charge on any atom is 0.00190 e. The van der Waals surface area contributed by atoms with E-state index in [2.05, 4.69) is 45.5 Å². The van der Waals surface area contributed by atoms with Crippen molar-refractivity contribution in [3.05, 3.63) is 50.4 Å². The molecular formula is C34H55NS2. The maximum atomic E-state index is 2.72. The van der Waals surface area contributed by atoms with Gasteiger partial charge in [-0.25, -0.2) is 0 Å². The molecule has 0 aliphatic carbocycles. The van der Waals surface area contributed by atoms with E-state index in [1.54, 1.807) is 5.57 Å². The fourth-order valence-corrected chi connectivity index (χ4v) is 7.22. The van der Waals surface area contributed by atoms with Crippen LogP contribution < -0.4 is 0 Å². The average molecular weight is 542 g/mol. The van der Waals surface area contributed by atoms with Gasteiger partial charge in [-0.3, -0.25) is 0 Å². The summed E-state index contributed by atoms with van der Waals surface area (Å²) in [6.07, 6.45) is 28.7. The molecule has 0 saturated carbocycles. The number of thiophene rings is 2. The van der Waals surface area contributed by atoms with Crippen LogP contribution in [-0.2, 0) is 0 Å². The molecule has 3 rings (SSSR count). The standard InChI is InChI=1S/C34H55NS2/c1-2-3-4-5-6-7-8-9-10-11-12-13-14-15-16-17-18-19-24-35-25-20-31(21-26-35)34(32-22-27-36-29-32)33-23-28-37-30-33/h22-23,27-30H,2-21,24-26H2,1H3. The van der Waals surface area contributed by atoms with E-state index in [0.29, 0.717) is 0 Å². The normalized spacial score (nSPS) is 14.5. The lowest BCUT2D eigenvalue weighted by atomic mass is 9.91. The summed E-state index contributed by atoms with van der Waals surface area (Å²) in [5.74, 6) is 0. The largest absolute Gasteiger partial charge is 0.303 e. The first-order valence-electron chi connectivity index (χ1n) is 15.9. The highest BCUT2D eigenvalue weighted by molar-refractivity contribution is 7.08. The van der Waals surface area contributed by atoms with E-state index in [1.165, 1.54) is 165 Å². The van der Waals surface area contributed by atoms with Crippen LogP contribution in [0.3, 0.4) is 0 Å². The van der Waals surface area contributed by atoms with Crippen LogP contribution in [0, 0.1) is 0 Å². The highest BCUT2D eigenvalue weighted by atomic mass is 32.1. The minimum atomic E-state index is 1.24. The van der Waals surface area contributed by atoms with Gasteiger partial charge in [-0.05, 0) is 76.2 Å². The molecule has 0 spiro atoms. The summed E-state index contributed by atoms with van der Waals surface area (Å²) in [4.78, 5) is 2.72. The van der Waals surface area contributed by atoms with Gasteiger partial charge in [0, 0.05) is 13.1 Å². The van der Waals surface area contributed by atoms with Crippen molar-refractivity contribution in [2.75, 3.05) is 19.6 Å². The predicted octanol–water partition coefficient (Wildman–Crippen LogP) is 11.7. The van der Waals surface area contributed by atoms with Gasteiger partial charge in [0.15, 0.2) is 0 Å². The first-order chi connectivity index (χ1) is 18.4. The van der Waals surface area contributed by atoms with Crippen molar-refractivity contribution >= 4 is 28.2 Å². The van der Waals surface area contributed by atoms with E-state index in [-0.39, 0.29) is 0 Å². The van der Waals surface area contributed by atoms with Crippen molar-refractivity contribution in [3.8, 4) is 0 Å². The lowest BCUT2D eigenvalue weighted by Gasteiger charge is -2.30. The summed E-state index contributed by atoms with van der Waals surface area (Å²) < 4.78 is 0. The summed E-state index contributed by atoms with van der Waals surface area (Å²) in [5.41, 5.74) is 6.05. The van der Waals surface area contributed by atoms with Crippen LogP contribution in [0.5, 0.6) is 0 Å². The lowest BCUT2D eigenvalue weighted by molar-refractivity contribution is 0.251. The van der Waals surface area contributed by atoms with Gasteiger partial charge < -0.3 is 4.90 Å². The third-order valence-electron chi connectivity index (χ3n) is 8.26. The Morgan fingerprint density at radius 2 is 1.00 bits per heavy atom. The number of piperidine rings is 1. The molecule has 0 N–H and O–H groups in total. The zero-order chi connectivity index (χ0) is 25.8. The summed E-state index contributed by atoms with van der Waals surface area (Å²) in [7, 11) is 0. The molecule has 0 unspecified atom stereocenters. The third-order valence-corrected chi connectivity index (χ3v) is 9.63. The third kappa shape index (κ3) is 12.7. The Bertz CT molecular complexity index is 759. The number of rotatable bonds is 21. The van der Waals surface area contributed by atoms with E-state index in [0.717, 1.165) is 0 Å². The van der Waals surface area contributed by atoms with Gasteiger partial charge in [-0.2, -0.15) is 22.7 Å². The fourth-order valence-electron chi connectivity index (χ4n) is 5.92. The molecule has 0 aromatic carbocycles. The van der Waals surface area contributed by atoms with E-state index < -0.39 is 0 Å². The second-order valence-corrected chi connectivity index (χ2v) is 12.9. The number of hydrogen-bond donors (Lipinski definition) is 0. The van der Waals surface area contributed by atoms with Crippen molar-refractivity contribution in [1.82, 2.24) is 4.90 Å². The zero-order valence-corrected chi connectivity index (χ0v) is 25.6. The minimum absolute atomic E-state index is 1.24. The molecule has 0 radical (unpaired) electrons. The Labute approximate surface area is 237 Å². The molecule has 1 aliphatic heterocycles. The first-order valence-corrected chi connectivity index (χ1v) is 17.8. The second kappa shape index (κ2) is 20.1. The zero-order valence-electron chi connectivity index (χ0n) is 24.0. The summed E-state index contributed by atoms with van der Waals surface area (Å²) in [6.45, 7) is 6.09. The van der Waals surface area contributed by atoms with Gasteiger partial charge in [0.05, 0.1) is 0 Å². The van der Waals surface area contributed by atoms with E-state index in [9.17, 15) is 0 Å². The van der Waals surface area contributed by atoms with Crippen LogP contribution >= 0.6 is 22.7 Å². The van der Waals surface area contributed by atoms with Crippen molar-refractivity contribution in [2.24, 2.45) is 0 Å². The maximum absolute atomic E-state index is 2.72. The van der Waals surface area contributed by atoms with Gasteiger partial charge in [0.25, 0.3) is 0 Å². The second-order valence-electron chi connectivity index (χ2n) is 11.4. The Kier molecular flexibility index (Phi) is 16.6. The topological polar surface area (TPSA) is 3.24 Å². The van der Waals surface area contributed by atoms with E-state index >= 15 is 0 Å². The van der Waals surface area contributed by atoms with Crippen molar-refractivity contribution in [2.45, 2.75) is 135 Å². The molecule has 2 aromatic heterocycles. The highest BCUT2D eigenvalue weighted by Gasteiger charge is 2.19. The average Bonchev–Trinajstić information content (AvgIpc) is 3.65. The molecule has 1 fully saturated rings. The summed E-state index contributed by atoms with van der Waals surface area (Å²) in [6, 6.07) is 4.60. The summed E-state index contributed by atoms with van der Waals surface area (Å²) >= 11 is 3.63. The molecule has 1 saturated heterocycles. The van der Waals surface area contributed by atoms with Crippen molar-refractivity contribution in [3.63, 3.8) is 0 Å². The van der Waals surface area contributed by atoms with E-state index in [1.807, 2.05) is 22.7 Å². The van der Waals surface area contributed by atoms with Crippen molar-refractivity contribution in [1.29, 1.82) is 0 Å². The number of unbranched alkanes of at least 4 members (excludes halogenated alkanes) is 17. The van der Waals surface area contributed by atoms with Crippen LogP contribution in [0.4, 0.5) is 0 Å². The molecule has 0 atom stereocenters. The molecule has 1 nitrogen and oxygen atoms in total. The van der Waals surface area contributed by atoms with Crippen LogP contribution in [0.25, 0.3) is 5.57 Å². The highest BCUT2D eigenvalue weighted by Crippen LogP contribution is 2.34. The first kappa shape index (κ1) is 30.6. The van der Waals surface area contributed by atoms with Gasteiger partial charge in [-0.1, -0.05) is 122 Å². The quantitative estimate of drug-likeness (QED) is 0.142. The van der Waals surface area contributed by atoms with Gasteiger partial charge in [0.1, 0.15) is 0 Å². The smallest absolute Gasteiger partial charge is 0.00190 e. The number of nitrogens with zero attached hydrogens (tertiary/aromatic N) is 1. The summed E-state index contributed by atoms with van der Waals surface area (Å²) in [5, 5.41) is 9.08. The molecule has 208 valence electrons. The molecule has 37 heavy (non-hydrogen) atoms. The number of hydrogen-bond acceptors (Lipinski definition) is 3. The molecule has 2 aromatic rings. The lowest BCUT2D eigenvalue weighted by Crippen LogP contribution is -2.32. The molecule has 0 amide bonds. The van der Waals surface area contributed by atoms with Crippen LogP contribution in [0.2, 0.25) is 0 Å². The molecule has 1 aliphatic rings. The Hall–Kier alpha value is -0.900. The Balaban J connectivity index is 1.13. The Morgan fingerprint density at radius 3 is 1.38 bits per heavy atom. The molecule has 0 bridgehead atoms. The number of likely N-dealkylation sites (tertiary alicyclic amines) is 1. The minimum Gasteiger partial charge on any atom is -0.303 e. The van der Waals surface area contributed by atoms with Crippen molar-refractivity contribution < 1.29 is 0 Å². The predicted molar refractivity (Wildman–Crippen MR) is 169 cm³/mol. The fraction of sp³-hybridized carbons (Fsp3) is 0.706. The van der Waals surface area contributed by atoms with Gasteiger partial charge in [-0.15, -0.1) is 0 Å². The van der Waals surface area contributed by atoms with Gasteiger partial charge in [0.2, 0.25) is 0 Å². The van der Waals surface area contributed by atoms with Crippen LogP contribution in [0.1, 0.15) is 146 Å². The SMILES string of the molecule is CCCCCCCCCCCCCCCCCCCCN1CCC(=C(c2ccsc2)c2ccsc2)CC1. The molecular weight excluding hydrogens is 487 g/mol. The van der Waals surface area contributed by atoms with E-state index in [4.69, 9.17) is 0 Å². The molecule has 3 heterocycles. The monoisotopic (exact) mass is 541 g/mol. The van der Waals surface area contributed by atoms with Crippen LogP contribution in [-0.4, -0.2) is 24.5 Å².